The second-order valence-electron chi connectivity index (χ2n) is 8.37. The van der Waals surface area contributed by atoms with E-state index in [1.165, 1.54) is 6.26 Å². The Morgan fingerprint density at radius 3 is 2.45 bits per heavy atom. The van der Waals surface area contributed by atoms with E-state index in [9.17, 15) is 14.4 Å². The monoisotopic (exact) mass is 423 g/mol. The van der Waals surface area contributed by atoms with Gasteiger partial charge >= 0.3 is 0 Å². The first-order valence-corrected chi connectivity index (χ1v) is 11.0. The zero-order valence-corrected chi connectivity index (χ0v) is 18.1. The number of furan rings is 1. The van der Waals surface area contributed by atoms with E-state index in [4.69, 9.17) is 4.42 Å². The first-order chi connectivity index (χ1) is 15.0. The Balaban J connectivity index is 1.39. The van der Waals surface area contributed by atoms with Gasteiger partial charge in [-0.25, -0.2) is 0 Å². The molecule has 0 spiro atoms. The summed E-state index contributed by atoms with van der Waals surface area (Å²) in [5.41, 5.74) is 2.07. The molecule has 2 fully saturated rings. The summed E-state index contributed by atoms with van der Waals surface area (Å²) in [4.78, 5) is 43.6. The Morgan fingerprint density at radius 2 is 1.77 bits per heavy atom. The molecule has 2 aliphatic heterocycles. The fraction of sp³-hybridized carbons (Fsp3) is 0.458. The van der Waals surface area contributed by atoms with Gasteiger partial charge in [-0.2, -0.15) is 0 Å². The molecule has 2 saturated heterocycles. The van der Waals surface area contributed by atoms with E-state index in [0.717, 1.165) is 17.7 Å². The fourth-order valence-electron chi connectivity index (χ4n) is 4.42. The summed E-state index contributed by atoms with van der Waals surface area (Å²) < 4.78 is 5.19. The number of benzene rings is 1. The van der Waals surface area contributed by atoms with Gasteiger partial charge in [0.2, 0.25) is 11.8 Å². The standard InChI is InChI=1S/C24H29N3O4/c1-3-17(2)19-7-4-5-8-20(19)27-16-18(15-22(27)28)23(29)25-10-12-26(13-11-25)24(30)21-9-6-14-31-21/h4-9,14,17-18H,3,10-13,15-16H2,1-2H3/t17-,18-/m1/s1. The van der Waals surface area contributed by atoms with Crippen LogP contribution in [-0.2, 0) is 9.59 Å². The van der Waals surface area contributed by atoms with Gasteiger partial charge in [0.25, 0.3) is 5.91 Å². The van der Waals surface area contributed by atoms with Crippen molar-refractivity contribution in [2.45, 2.75) is 32.6 Å². The molecule has 164 valence electrons. The number of para-hydroxylation sites is 1. The van der Waals surface area contributed by atoms with Gasteiger partial charge in [-0.15, -0.1) is 0 Å². The molecular weight excluding hydrogens is 394 g/mol. The summed E-state index contributed by atoms with van der Waals surface area (Å²) in [6.07, 6.45) is 2.71. The van der Waals surface area contributed by atoms with E-state index < -0.39 is 0 Å². The van der Waals surface area contributed by atoms with Gasteiger partial charge < -0.3 is 19.1 Å². The van der Waals surface area contributed by atoms with Crippen LogP contribution in [0.15, 0.2) is 47.1 Å². The highest BCUT2D eigenvalue weighted by atomic mass is 16.3. The molecule has 0 unspecified atom stereocenters. The lowest BCUT2D eigenvalue weighted by atomic mass is 9.96. The van der Waals surface area contributed by atoms with Crippen molar-refractivity contribution in [2.75, 3.05) is 37.6 Å². The van der Waals surface area contributed by atoms with E-state index in [0.29, 0.717) is 44.4 Å². The smallest absolute Gasteiger partial charge is 0.289 e. The van der Waals surface area contributed by atoms with Gasteiger partial charge in [-0.05, 0) is 36.1 Å². The van der Waals surface area contributed by atoms with Crippen molar-refractivity contribution in [2.24, 2.45) is 5.92 Å². The maximum Gasteiger partial charge on any atom is 0.289 e. The molecule has 2 aromatic rings. The highest BCUT2D eigenvalue weighted by Gasteiger charge is 2.39. The third-order valence-corrected chi connectivity index (χ3v) is 6.46. The first-order valence-electron chi connectivity index (χ1n) is 11.0. The van der Waals surface area contributed by atoms with Crippen LogP contribution in [0.3, 0.4) is 0 Å². The molecule has 2 atom stereocenters. The molecule has 0 N–H and O–H groups in total. The van der Waals surface area contributed by atoms with Crippen molar-refractivity contribution in [1.82, 2.24) is 9.80 Å². The molecule has 0 bridgehead atoms. The maximum atomic E-state index is 13.1. The normalized spacial score (nSPS) is 20.3. The third-order valence-electron chi connectivity index (χ3n) is 6.46. The quantitative estimate of drug-likeness (QED) is 0.741. The lowest BCUT2D eigenvalue weighted by molar-refractivity contribution is -0.137. The SMILES string of the molecule is CC[C@@H](C)c1ccccc1N1C[C@H](C(=O)N2CCN(C(=O)c3ccco3)CC2)CC1=O. The third kappa shape index (κ3) is 4.22. The molecule has 7 heteroatoms. The molecule has 1 aromatic carbocycles. The van der Waals surface area contributed by atoms with Crippen molar-refractivity contribution >= 4 is 23.4 Å². The van der Waals surface area contributed by atoms with Gasteiger partial charge in [-0.1, -0.05) is 32.0 Å². The lowest BCUT2D eigenvalue weighted by Crippen LogP contribution is -2.52. The molecule has 3 amide bonds. The molecule has 0 radical (unpaired) electrons. The van der Waals surface area contributed by atoms with Crippen molar-refractivity contribution in [1.29, 1.82) is 0 Å². The van der Waals surface area contributed by atoms with E-state index in [1.807, 2.05) is 18.2 Å². The highest BCUT2D eigenvalue weighted by molar-refractivity contribution is 6.01. The molecule has 0 saturated carbocycles. The Morgan fingerprint density at radius 1 is 1.06 bits per heavy atom. The Kier molecular flexibility index (Phi) is 6.11. The molecule has 7 nitrogen and oxygen atoms in total. The summed E-state index contributed by atoms with van der Waals surface area (Å²) in [5.74, 6) is 0.170. The summed E-state index contributed by atoms with van der Waals surface area (Å²) in [5, 5.41) is 0. The van der Waals surface area contributed by atoms with Crippen LogP contribution >= 0.6 is 0 Å². The summed E-state index contributed by atoms with van der Waals surface area (Å²) in [7, 11) is 0. The van der Waals surface area contributed by atoms with Crippen LogP contribution in [0.1, 0.15) is 48.7 Å². The second-order valence-corrected chi connectivity index (χ2v) is 8.37. The van der Waals surface area contributed by atoms with E-state index in [-0.39, 0.29) is 30.1 Å². The van der Waals surface area contributed by atoms with E-state index in [1.54, 1.807) is 26.8 Å². The molecular formula is C24H29N3O4. The van der Waals surface area contributed by atoms with Crippen LogP contribution < -0.4 is 4.90 Å². The van der Waals surface area contributed by atoms with Gasteiger partial charge in [0.05, 0.1) is 12.2 Å². The van der Waals surface area contributed by atoms with Crippen molar-refractivity contribution in [3.05, 3.63) is 54.0 Å². The number of carbonyl (C=O) groups excluding carboxylic acids is 3. The topological polar surface area (TPSA) is 74.1 Å². The number of hydrogen-bond acceptors (Lipinski definition) is 4. The van der Waals surface area contributed by atoms with Crippen LogP contribution in [0, 0.1) is 5.92 Å². The maximum absolute atomic E-state index is 13.1. The van der Waals surface area contributed by atoms with E-state index in [2.05, 4.69) is 19.9 Å². The summed E-state index contributed by atoms with van der Waals surface area (Å²) in [6.45, 7) is 6.58. The largest absolute Gasteiger partial charge is 0.459 e. The predicted octanol–water partition coefficient (Wildman–Crippen LogP) is 3.13. The average molecular weight is 424 g/mol. The second kappa shape index (κ2) is 8.96. The fourth-order valence-corrected chi connectivity index (χ4v) is 4.42. The minimum atomic E-state index is -0.343. The van der Waals surface area contributed by atoms with Crippen molar-refractivity contribution in [3.8, 4) is 0 Å². The molecule has 1 aromatic heterocycles. The predicted molar refractivity (Wildman–Crippen MR) is 117 cm³/mol. The number of piperazine rings is 1. The van der Waals surface area contributed by atoms with Gasteiger partial charge in [0, 0.05) is 44.8 Å². The molecule has 31 heavy (non-hydrogen) atoms. The van der Waals surface area contributed by atoms with Crippen LogP contribution in [0.25, 0.3) is 0 Å². The van der Waals surface area contributed by atoms with Crippen molar-refractivity contribution < 1.29 is 18.8 Å². The number of nitrogens with zero attached hydrogens (tertiary/aromatic N) is 3. The number of anilines is 1. The van der Waals surface area contributed by atoms with Gasteiger partial charge in [-0.3, -0.25) is 14.4 Å². The van der Waals surface area contributed by atoms with Gasteiger partial charge in [0.1, 0.15) is 0 Å². The zero-order chi connectivity index (χ0) is 22.0. The first kappa shape index (κ1) is 21.2. The summed E-state index contributed by atoms with van der Waals surface area (Å²) >= 11 is 0. The Bertz CT molecular complexity index is 947. The van der Waals surface area contributed by atoms with Crippen LogP contribution in [0.5, 0.6) is 0 Å². The number of carbonyl (C=O) groups is 3. The number of hydrogen-bond donors (Lipinski definition) is 0. The number of rotatable bonds is 5. The van der Waals surface area contributed by atoms with Crippen LogP contribution in [0.4, 0.5) is 5.69 Å². The molecule has 0 aliphatic carbocycles. The van der Waals surface area contributed by atoms with Gasteiger partial charge in [0.15, 0.2) is 5.76 Å². The van der Waals surface area contributed by atoms with Crippen LogP contribution in [-0.4, -0.2) is 60.2 Å². The molecule has 3 heterocycles. The van der Waals surface area contributed by atoms with Crippen molar-refractivity contribution in [3.63, 3.8) is 0 Å². The Hall–Kier alpha value is -3.09. The minimum absolute atomic E-state index is 0.000682. The van der Waals surface area contributed by atoms with Crippen LogP contribution in [0.2, 0.25) is 0 Å². The van der Waals surface area contributed by atoms with E-state index >= 15 is 0 Å². The average Bonchev–Trinajstić information content (AvgIpc) is 3.48. The highest BCUT2D eigenvalue weighted by Crippen LogP contribution is 2.34. The zero-order valence-electron chi connectivity index (χ0n) is 18.1. The summed E-state index contributed by atoms with van der Waals surface area (Å²) in [6, 6.07) is 11.3. The molecule has 2 aliphatic rings. The number of amides is 3. The minimum Gasteiger partial charge on any atom is -0.459 e. The molecule has 4 rings (SSSR count). The Labute approximate surface area is 182 Å². The lowest BCUT2D eigenvalue weighted by Gasteiger charge is -2.35.